The van der Waals surface area contributed by atoms with Gasteiger partial charge < -0.3 is 19.6 Å². The second-order valence-corrected chi connectivity index (χ2v) is 9.99. The summed E-state index contributed by atoms with van der Waals surface area (Å²) in [4.78, 5) is 22.7. The topological polar surface area (TPSA) is 65.4 Å². The van der Waals surface area contributed by atoms with E-state index in [0.717, 1.165) is 35.6 Å². The van der Waals surface area contributed by atoms with Crippen molar-refractivity contribution in [1.29, 1.82) is 0 Å². The van der Waals surface area contributed by atoms with E-state index in [1.807, 2.05) is 24.6 Å². The van der Waals surface area contributed by atoms with Crippen LogP contribution in [0.3, 0.4) is 0 Å². The van der Waals surface area contributed by atoms with E-state index < -0.39 is 0 Å². The fourth-order valence-corrected chi connectivity index (χ4v) is 5.31. The van der Waals surface area contributed by atoms with Gasteiger partial charge in [-0.2, -0.15) is 0 Å². The molecule has 6 heteroatoms. The summed E-state index contributed by atoms with van der Waals surface area (Å²) in [5.74, 6) is 0.956. The predicted octanol–water partition coefficient (Wildman–Crippen LogP) is 5.47. The van der Waals surface area contributed by atoms with Gasteiger partial charge in [-0.3, -0.25) is 4.79 Å². The zero-order valence-electron chi connectivity index (χ0n) is 20.9. The molecule has 1 aromatic carbocycles. The van der Waals surface area contributed by atoms with Crippen LogP contribution in [0.5, 0.6) is 0 Å². The number of nitrogens with one attached hydrogen (secondary N) is 2. The summed E-state index contributed by atoms with van der Waals surface area (Å²) in [5.41, 5.74) is 8.62. The third kappa shape index (κ3) is 3.90. The minimum Gasteiger partial charge on any atom is -0.354 e. The number of H-pyrrole nitrogens is 1. The van der Waals surface area contributed by atoms with Crippen LogP contribution in [0.15, 0.2) is 36.7 Å². The molecular weight excluding hydrogens is 422 g/mol. The van der Waals surface area contributed by atoms with Gasteiger partial charge in [0, 0.05) is 42.5 Å². The summed E-state index contributed by atoms with van der Waals surface area (Å²) in [6.07, 6.45) is 6.35. The average Bonchev–Trinajstić information content (AvgIpc) is 3.45. The molecule has 0 spiro atoms. The zero-order chi connectivity index (χ0) is 24.0. The molecular formula is C28H35N5O. The van der Waals surface area contributed by atoms with Crippen molar-refractivity contribution in [1.82, 2.24) is 24.6 Å². The molecule has 0 aliphatic carbocycles. The van der Waals surface area contributed by atoms with E-state index in [0.29, 0.717) is 24.1 Å². The second-order valence-electron chi connectivity index (χ2n) is 9.99. The molecule has 1 saturated heterocycles. The molecule has 0 unspecified atom stereocenters. The number of nitrogens with zero attached hydrogens (tertiary/aromatic N) is 3. The molecule has 1 aliphatic rings. The fourth-order valence-electron chi connectivity index (χ4n) is 5.31. The normalized spacial score (nSPS) is 15.0. The van der Waals surface area contributed by atoms with Crippen molar-refractivity contribution < 1.29 is 4.79 Å². The van der Waals surface area contributed by atoms with E-state index in [9.17, 15) is 4.79 Å². The summed E-state index contributed by atoms with van der Waals surface area (Å²) in [6.45, 7) is 11.4. The Morgan fingerprint density at radius 2 is 1.97 bits per heavy atom. The van der Waals surface area contributed by atoms with Gasteiger partial charge >= 0.3 is 0 Å². The lowest BCUT2D eigenvalue weighted by atomic mass is 9.88. The van der Waals surface area contributed by atoms with Crippen LogP contribution >= 0.6 is 0 Å². The van der Waals surface area contributed by atoms with Crippen molar-refractivity contribution in [3.05, 3.63) is 59.0 Å². The number of fused-ring (bicyclic) bond motifs is 2. The maximum atomic E-state index is 12.7. The van der Waals surface area contributed by atoms with Gasteiger partial charge in [0.05, 0.1) is 5.69 Å². The number of piperidine rings is 1. The minimum absolute atomic E-state index is 0.0499. The summed E-state index contributed by atoms with van der Waals surface area (Å²) < 4.78 is 2.00. The summed E-state index contributed by atoms with van der Waals surface area (Å²) in [5, 5.41) is 4.80. The number of aromatic amines is 1. The maximum Gasteiger partial charge on any atom is 0.273 e. The van der Waals surface area contributed by atoms with Crippen molar-refractivity contribution >= 4 is 22.5 Å². The first-order chi connectivity index (χ1) is 16.4. The van der Waals surface area contributed by atoms with Crippen LogP contribution in [0.4, 0.5) is 0 Å². The van der Waals surface area contributed by atoms with Crippen molar-refractivity contribution in [2.24, 2.45) is 0 Å². The number of rotatable bonds is 5. The summed E-state index contributed by atoms with van der Waals surface area (Å²) >= 11 is 0. The Morgan fingerprint density at radius 3 is 2.68 bits per heavy atom. The van der Waals surface area contributed by atoms with Crippen molar-refractivity contribution in [3.63, 3.8) is 0 Å². The highest BCUT2D eigenvalue weighted by molar-refractivity contribution is 5.94. The van der Waals surface area contributed by atoms with Gasteiger partial charge in [-0.15, -0.1) is 0 Å². The molecule has 34 heavy (non-hydrogen) atoms. The van der Waals surface area contributed by atoms with E-state index in [1.54, 1.807) is 4.90 Å². The lowest BCUT2D eigenvalue weighted by Gasteiger charge is -2.23. The number of imidazole rings is 1. The monoisotopic (exact) mass is 457 g/mol. The number of amides is 1. The van der Waals surface area contributed by atoms with E-state index in [4.69, 9.17) is 0 Å². The highest BCUT2D eigenvalue weighted by Gasteiger charge is 2.21. The third-order valence-electron chi connectivity index (χ3n) is 7.31. The first-order valence-electron chi connectivity index (χ1n) is 12.5. The molecule has 6 nitrogen and oxygen atoms in total. The largest absolute Gasteiger partial charge is 0.354 e. The molecule has 4 aromatic rings. The van der Waals surface area contributed by atoms with E-state index in [2.05, 4.69) is 66.5 Å². The maximum absolute atomic E-state index is 12.7. The molecule has 5 rings (SSSR count). The Balaban J connectivity index is 1.62. The van der Waals surface area contributed by atoms with Crippen molar-refractivity contribution in [3.8, 4) is 11.3 Å². The second kappa shape index (κ2) is 8.91. The SMILES string of the molecule is CCN(C)C(=O)c1cn2cc(-c3[nH]c4ccc(C5CCNCC5)cc4c3C(C)C)cc(C)c2n1. The first-order valence-corrected chi connectivity index (χ1v) is 12.5. The lowest BCUT2D eigenvalue weighted by molar-refractivity contribution is 0.0797. The van der Waals surface area contributed by atoms with Gasteiger partial charge in [-0.25, -0.2) is 4.98 Å². The van der Waals surface area contributed by atoms with Crippen LogP contribution in [0.25, 0.3) is 27.8 Å². The van der Waals surface area contributed by atoms with Crippen molar-refractivity contribution in [2.75, 3.05) is 26.7 Å². The van der Waals surface area contributed by atoms with Crippen molar-refractivity contribution in [2.45, 2.75) is 52.4 Å². The van der Waals surface area contributed by atoms with Crippen LogP contribution in [0.2, 0.25) is 0 Å². The molecule has 178 valence electrons. The fraction of sp³-hybridized carbons (Fsp3) is 0.429. The Bertz CT molecular complexity index is 1360. The molecule has 4 heterocycles. The van der Waals surface area contributed by atoms with Crippen LogP contribution in [0, 0.1) is 6.92 Å². The number of benzene rings is 1. The number of hydrogen-bond acceptors (Lipinski definition) is 3. The number of carbonyl (C=O) groups is 1. The first kappa shape index (κ1) is 22.7. The molecule has 3 aromatic heterocycles. The Hall–Kier alpha value is -3.12. The van der Waals surface area contributed by atoms with E-state index >= 15 is 0 Å². The standard InChI is InChI=1S/C28H35N5O/c1-6-32(5)28(34)24-16-33-15-21(13-18(4)27(33)31-24)26-25(17(2)3)22-14-20(7-8-23(22)30-26)19-9-11-29-12-10-19/h7-8,13-17,19,29-30H,6,9-12H2,1-5H3. The number of hydrogen-bond donors (Lipinski definition) is 2. The molecule has 0 saturated carbocycles. The Kier molecular flexibility index (Phi) is 5.94. The smallest absolute Gasteiger partial charge is 0.273 e. The molecule has 0 radical (unpaired) electrons. The highest BCUT2D eigenvalue weighted by Crippen LogP contribution is 2.38. The predicted molar refractivity (Wildman–Crippen MR) is 139 cm³/mol. The van der Waals surface area contributed by atoms with Gasteiger partial charge in [-0.05, 0) is 86.5 Å². The average molecular weight is 458 g/mol. The molecule has 0 atom stereocenters. The molecule has 2 N–H and O–H groups in total. The Labute approximate surface area is 201 Å². The number of pyridine rings is 1. The molecule has 1 amide bonds. The van der Waals surface area contributed by atoms with Crippen LogP contribution in [0.1, 0.15) is 72.6 Å². The zero-order valence-corrected chi connectivity index (χ0v) is 20.9. The highest BCUT2D eigenvalue weighted by atomic mass is 16.2. The van der Waals surface area contributed by atoms with Gasteiger partial charge in [0.25, 0.3) is 5.91 Å². The van der Waals surface area contributed by atoms with Gasteiger partial charge in [0.2, 0.25) is 0 Å². The van der Waals surface area contributed by atoms with Crippen LogP contribution < -0.4 is 5.32 Å². The summed E-state index contributed by atoms with van der Waals surface area (Å²) in [7, 11) is 1.81. The van der Waals surface area contributed by atoms with Crippen LogP contribution in [-0.2, 0) is 0 Å². The lowest BCUT2D eigenvalue weighted by Crippen LogP contribution is -2.26. The Morgan fingerprint density at radius 1 is 1.21 bits per heavy atom. The molecule has 1 fully saturated rings. The van der Waals surface area contributed by atoms with Gasteiger partial charge in [0.1, 0.15) is 11.3 Å². The number of carbonyl (C=O) groups excluding carboxylic acids is 1. The van der Waals surface area contributed by atoms with E-state index in [-0.39, 0.29) is 5.91 Å². The third-order valence-corrected chi connectivity index (χ3v) is 7.31. The number of aryl methyl sites for hydroxylation is 1. The van der Waals surface area contributed by atoms with Gasteiger partial charge in [-0.1, -0.05) is 19.9 Å². The van der Waals surface area contributed by atoms with Crippen LogP contribution in [-0.4, -0.2) is 51.9 Å². The van der Waals surface area contributed by atoms with Gasteiger partial charge in [0.15, 0.2) is 0 Å². The number of aromatic nitrogens is 3. The minimum atomic E-state index is -0.0499. The summed E-state index contributed by atoms with van der Waals surface area (Å²) in [6, 6.07) is 9.15. The van der Waals surface area contributed by atoms with E-state index in [1.165, 1.54) is 34.9 Å². The molecule has 0 bridgehead atoms. The quantitative estimate of drug-likeness (QED) is 0.417. The molecule has 1 aliphatic heterocycles.